The van der Waals surface area contributed by atoms with Crippen molar-refractivity contribution < 1.29 is 0 Å². The van der Waals surface area contributed by atoms with Crippen LogP contribution in [0.15, 0.2) is 36.4 Å². The minimum absolute atomic E-state index is 0.652. The second-order valence-corrected chi connectivity index (χ2v) is 5.32. The van der Waals surface area contributed by atoms with Crippen LogP contribution in [0.4, 0.5) is 5.69 Å². The molecule has 0 saturated heterocycles. The molecule has 1 N–H and O–H groups in total. The lowest BCUT2D eigenvalue weighted by Gasteiger charge is -2.10. The molecule has 2 rings (SSSR count). The van der Waals surface area contributed by atoms with E-state index >= 15 is 0 Å². The van der Waals surface area contributed by atoms with E-state index in [2.05, 4.69) is 5.32 Å². The summed E-state index contributed by atoms with van der Waals surface area (Å²) in [6.45, 7) is 2.58. The summed E-state index contributed by atoms with van der Waals surface area (Å²) in [6, 6.07) is 11.4. The van der Waals surface area contributed by atoms with Gasteiger partial charge >= 0.3 is 0 Å². The van der Waals surface area contributed by atoms with Crippen molar-refractivity contribution in [1.82, 2.24) is 0 Å². The van der Waals surface area contributed by atoms with Crippen molar-refractivity contribution in [3.63, 3.8) is 0 Å². The Bertz CT molecular complexity index is 567. The smallest absolute Gasteiger partial charge is 0.0641 e. The van der Waals surface area contributed by atoms with Gasteiger partial charge in [0, 0.05) is 16.6 Å². The van der Waals surface area contributed by atoms with Gasteiger partial charge in [-0.3, -0.25) is 0 Å². The summed E-state index contributed by atoms with van der Waals surface area (Å²) in [4.78, 5) is 0. The number of anilines is 1. The van der Waals surface area contributed by atoms with Crippen molar-refractivity contribution in [2.75, 3.05) is 5.32 Å². The molecule has 0 aliphatic rings. The Morgan fingerprint density at radius 3 is 2.50 bits per heavy atom. The number of nitrogens with one attached hydrogen (secondary N) is 1. The van der Waals surface area contributed by atoms with E-state index in [1.54, 1.807) is 0 Å². The Balaban J connectivity index is 2.13. The summed E-state index contributed by atoms with van der Waals surface area (Å²) in [6.07, 6.45) is 0. The van der Waals surface area contributed by atoms with E-state index < -0.39 is 0 Å². The fraction of sp³-hybridized carbons (Fsp3) is 0.143. The van der Waals surface area contributed by atoms with Crippen LogP contribution in [0.3, 0.4) is 0 Å². The number of benzene rings is 2. The highest BCUT2D eigenvalue weighted by Gasteiger charge is 2.04. The first-order valence-corrected chi connectivity index (χ1v) is 6.63. The molecule has 2 aromatic carbocycles. The van der Waals surface area contributed by atoms with Crippen molar-refractivity contribution >= 4 is 40.5 Å². The summed E-state index contributed by atoms with van der Waals surface area (Å²) < 4.78 is 0. The van der Waals surface area contributed by atoms with Crippen LogP contribution in [0.2, 0.25) is 15.1 Å². The molecule has 0 aliphatic carbocycles. The van der Waals surface area contributed by atoms with Gasteiger partial charge in [-0.05, 0) is 42.3 Å². The van der Waals surface area contributed by atoms with Crippen LogP contribution in [-0.4, -0.2) is 0 Å². The zero-order valence-electron chi connectivity index (χ0n) is 9.81. The largest absolute Gasteiger partial charge is 0.380 e. The third-order valence-electron chi connectivity index (χ3n) is 2.62. The van der Waals surface area contributed by atoms with E-state index in [0.717, 1.165) is 21.8 Å². The second-order valence-electron chi connectivity index (χ2n) is 4.06. The summed E-state index contributed by atoms with van der Waals surface area (Å²) in [5.41, 5.74) is 2.89. The zero-order valence-corrected chi connectivity index (χ0v) is 12.1. The molecule has 0 unspecified atom stereocenters. The standard InChI is InChI=1S/C14H12Cl3N/c1-9-5-13(17)14(7-12(9)16)18-8-10-3-2-4-11(15)6-10/h2-7,18H,8H2,1H3. The number of aryl methyl sites for hydroxylation is 1. The fourth-order valence-electron chi connectivity index (χ4n) is 1.63. The van der Waals surface area contributed by atoms with Crippen molar-refractivity contribution in [2.24, 2.45) is 0 Å². The molecule has 1 nitrogen and oxygen atoms in total. The lowest BCUT2D eigenvalue weighted by molar-refractivity contribution is 1.15. The van der Waals surface area contributed by atoms with Crippen LogP contribution < -0.4 is 5.32 Å². The van der Waals surface area contributed by atoms with Crippen LogP contribution in [0.25, 0.3) is 0 Å². The van der Waals surface area contributed by atoms with Gasteiger partial charge in [0.15, 0.2) is 0 Å². The molecule has 2 aromatic rings. The monoisotopic (exact) mass is 299 g/mol. The molecule has 0 radical (unpaired) electrons. The van der Waals surface area contributed by atoms with E-state index in [9.17, 15) is 0 Å². The number of hydrogen-bond donors (Lipinski definition) is 1. The summed E-state index contributed by atoms with van der Waals surface area (Å²) >= 11 is 18.2. The van der Waals surface area contributed by atoms with Gasteiger partial charge < -0.3 is 5.32 Å². The Morgan fingerprint density at radius 2 is 1.78 bits per heavy atom. The lowest BCUT2D eigenvalue weighted by atomic mass is 10.2. The minimum Gasteiger partial charge on any atom is -0.380 e. The molecule has 0 aliphatic heterocycles. The van der Waals surface area contributed by atoms with Crippen molar-refractivity contribution in [3.8, 4) is 0 Å². The highest BCUT2D eigenvalue weighted by atomic mass is 35.5. The molecule has 0 fully saturated rings. The van der Waals surface area contributed by atoms with Gasteiger partial charge in [0.25, 0.3) is 0 Å². The van der Waals surface area contributed by atoms with Gasteiger partial charge in [0.05, 0.1) is 10.7 Å². The Hall–Kier alpha value is -0.890. The van der Waals surface area contributed by atoms with Gasteiger partial charge in [-0.2, -0.15) is 0 Å². The van der Waals surface area contributed by atoms with Crippen molar-refractivity contribution in [2.45, 2.75) is 13.5 Å². The van der Waals surface area contributed by atoms with Gasteiger partial charge in [-0.15, -0.1) is 0 Å². The lowest BCUT2D eigenvalue weighted by Crippen LogP contribution is -2.00. The third kappa shape index (κ3) is 3.32. The number of rotatable bonds is 3. The molecule has 0 aromatic heterocycles. The highest BCUT2D eigenvalue weighted by molar-refractivity contribution is 6.35. The first-order chi connectivity index (χ1) is 8.56. The molecule has 0 atom stereocenters. The van der Waals surface area contributed by atoms with Crippen molar-refractivity contribution in [1.29, 1.82) is 0 Å². The number of halogens is 3. The summed E-state index contributed by atoms with van der Waals surface area (Å²) in [5.74, 6) is 0. The molecule has 0 spiro atoms. The predicted octanol–water partition coefficient (Wildman–Crippen LogP) is 5.57. The third-order valence-corrected chi connectivity index (χ3v) is 3.58. The molecular weight excluding hydrogens is 289 g/mol. The van der Waals surface area contributed by atoms with Gasteiger partial charge in [-0.25, -0.2) is 0 Å². The molecule has 0 bridgehead atoms. The minimum atomic E-state index is 0.652. The van der Waals surface area contributed by atoms with Crippen LogP contribution in [-0.2, 0) is 6.54 Å². The van der Waals surface area contributed by atoms with Crippen LogP contribution >= 0.6 is 34.8 Å². The Labute approximate surface area is 122 Å². The SMILES string of the molecule is Cc1cc(Cl)c(NCc2cccc(Cl)c2)cc1Cl. The summed E-state index contributed by atoms with van der Waals surface area (Å²) in [5, 5.41) is 5.34. The number of hydrogen-bond acceptors (Lipinski definition) is 1. The first kappa shape index (κ1) is 13.5. The molecular formula is C14H12Cl3N. The Kier molecular flexibility index (Phi) is 4.39. The average Bonchev–Trinajstić information content (AvgIpc) is 2.32. The molecule has 0 amide bonds. The molecule has 0 heterocycles. The predicted molar refractivity (Wildman–Crippen MR) is 80.0 cm³/mol. The molecule has 94 valence electrons. The summed E-state index contributed by atoms with van der Waals surface area (Å²) in [7, 11) is 0. The fourth-order valence-corrected chi connectivity index (χ4v) is 2.29. The molecule has 0 saturated carbocycles. The normalized spacial score (nSPS) is 10.4. The van der Waals surface area contributed by atoms with E-state index in [4.69, 9.17) is 34.8 Å². The van der Waals surface area contributed by atoms with Gasteiger partial charge in [0.2, 0.25) is 0 Å². The maximum Gasteiger partial charge on any atom is 0.0641 e. The van der Waals surface area contributed by atoms with E-state index in [1.165, 1.54) is 0 Å². The highest BCUT2D eigenvalue weighted by Crippen LogP contribution is 2.29. The topological polar surface area (TPSA) is 12.0 Å². The van der Waals surface area contributed by atoms with Crippen molar-refractivity contribution in [3.05, 3.63) is 62.6 Å². The molecule has 18 heavy (non-hydrogen) atoms. The van der Waals surface area contributed by atoms with Gasteiger partial charge in [-0.1, -0.05) is 46.9 Å². The first-order valence-electron chi connectivity index (χ1n) is 5.50. The molecule has 4 heteroatoms. The average molecular weight is 301 g/mol. The van der Waals surface area contributed by atoms with E-state index in [1.807, 2.05) is 43.3 Å². The second kappa shape index (κ2) is 5.83. The van der Waals surface area contributed by atoms with Crippen LogP contribution in [0.1, 0.15) is 11.1 Å². The van der Waals surface area contributed by atoms with Crippen LogP contribution in [0.5, 0.6) is 0 Å². The zero-order chi connectivity index (χ0) is 13.1. The maximum atomic E-state index is 6.15. The van der Waals surface area contributed by atoms with Crippen LogP contribution in [0, 0.1) is 6.92 Å². The maximum absolute atomic E-state index is 6.15. The van der Waals surface area contributed by atoms with E-state index in [0.29, 0.717) is 16.6 Å². The Morgan fingerprint density at radius 1 is 1.00 bits per heavy atom. The quantitative estimate of drug-likeness (QED) is 0.781. The van der Waals surface area contributed by atoms with Gasteiger partial charge in [0.1, 0.15) is 0 Å². The van der Waals surface area contributed by atoms with E-state index in [-0.39, 0.29) is 0 Å².